The third kappa shape index (κ3) is 2.95. The minimum Gasteiger partial charge on any atom is -0.465 e. The lowest BCUT2D eigenvalue weighted by Gasteiger charge is -2.24. The molecule has 0 aliphatic carbocycles. The van der Waals surface area contributed by atoms with Crippen LogP contribution in [0.25, 0.3) is 6.08 Å². The molecule has 1 unspecified atom stereocenters. The Labute approximate surface area is 125 Å². The van der Waals surface area contributed by atoms with Crippen molar-refractivity contribution in [3.8, 4) is 0 Å². The second-order valence-electron chi connectivity index (χ2n) is 5.87. The summed E-state index contributed by atoms with van der Waals surface area (Å²) in [4.78, 5) is 2.52. The number of nitrogens with zero attached hydrogens (tertiary/aromatic N) is 2. The smallest absolute Gasteiger partial charge is 0.138 e. The maximum absolute atomic E-state index is 5.39. The first-order valence-electron chi connectivity index (χ1n) is 7.52. The van der Waals surface area contributed by atoms with E-state index in [1.54, 1.807) is 6.26 Å². The summed E-state index contributed by atoms with van der Waals surface area (Å²) >= 11 is 0. The zero-order valence-corrected chi connectivity index (χ0v) is 12.9. The van der Waals surface area contributed by atoms with E-state index in [9.17, 15) is 0 Å². The Hall–Kier alpha value is -1.81. The average molecular weight is 286 g/mol. The van der Waals surface area contributed by atoms with Crippen molar-refractivity contribution in [3.05, 3.63) is 46.7 Å². The number of aryl methyl sites for hydroxylation is 2. The van der Waals surface area contributed by atoms with Gasteiger partial charge in [0.2, 0.25) is 0 Å². The van der Waals surface area contributed by atoms with Crippen LogP contribution < -0.4 is 0 Å². The van der Waals surface area contributed by atoms with Gasteiger partial charge in [0.25, 0.3) is 0 Å². The summed E-state index contributed by atoms with van der Waals surface area (Å²) in [5.41, 5.74) is 3.61. The number of furan rings is 1. The lowest BCUT2D eigenvalue weighted by atomic mass is 10.0. The largest absolute Gasteiger partial charge is 0.465 e. The molecule has 2 aromatic rings. The third-order valence-corrected chi connectivity index (χ3v) is 4.17. The minimum atomic E-state index is 0.427. The molecule has 1 atom stereocenters. The Kier molecular flexibility index (Phi) is 3.97. The topological polar surface area (TPSA) is 42.4 Å². The fourth-order valence-corrected chi connectivity index (χ4v) is 3.29. The summed E-state index contributed by atoms with van der Waals surface area (Å²) in [6, 6.07) is 4.33. The van der Waals surface area contributed by atoms with Crippen LogP contribution in [-0.2, 0) is 0 Å². The average Bonchev–Trinajstić information content (AvgIpc) is 3.14. The molecule has 0 spiro atoms. The van der Waals surface area contributed by atoms with E-state index >= 15 is 0 Å². The predicted octanol–water partition coefficient (Wildman–Crippen LogP) is 4.12. The van der Waals surface area contributed by atoms with Crippen molar-refractivity contribution in [2.45, 2.75) is 39.7 Å². The fraction of sp³-hybridized carbons (Fsp3) is 0.471. The van der Waals surface area contributed by atoms with Crippen molar-refractivity contribution >= 4 is 6.08 Å². The first-order valence-corrected chi connectivity index (χ1v) is 7.52. The second kappa shape index (κ2) is 5.90. The van der Waals surface area contributed by atoms with Gasteiger partial charge < -0.3 is 8.94 Å². The summed E-state index contributed by atoms with van der Waals surface area (Å²) in [7, 11) is 0. The van der Waals surface area contributed by atoms with Crippen LogP contribution in [0.1, 0.15) is 48.6 Å². The van der Waals surface area contributed by atoms with Crippen molar-refractivity contribution in [1.29, 1.82) is 0 Å². The number of rotatable bonds is 4. The number of likely N-dealkylation sites (tertiary alicyclic amines) is 1. The van der Waals surface area contributed by atoms with Crippen molar-refractivity contribution in [3.63, 3.8) is 0 Å². The molecule has 21 heavy (non-hydrogen) atoms. The third-order valence-electron chi connectivity index (χ3n) is 4.17. The summed E-state index contributed by atoms with van der Waals surface area (Å²) < 4.78 is 10.7. The lowest BCUT2D eigenvalue weighted by molar-refractivity contribution is 0.276. The van der Waals surface area contributed by atoms with Gasteiger partial charge in [-0.15, -0.1) is 0 Å². The summed E-state index contributed by atoms with van der Waals surface area (Å²) in [5, 5.41) is 4.10. The summed E-state index contributed by atoms with van der Waals surface area (Å²) in [5.74, 6) is 1.87. The van der Waals surface area contributed by atoms with Crippen LogP contribution in [0.2, 0.25) is 0 Å². The van der Waals surface area contributed by atoms with E-state index in [-0.39, 0.29) is 0 Å². The van der Waals surface area contributed by atoms with Crippen LogP contribution in [0.15, 0.2) is 32.9 Å². The minimum absolute atomic E-state index is 0.427. The van der Waals surface area contributed by atoms with E-state index in [0.29, 0.717) is 6.04 Å². The highest BCUT2D eigenvalue weighted by molar-refractivity contribution is 5.47. The van der Waals surface area contributed by atoms with Crippen LogP contribution in [0, 0.1) is 13.8 Å². The van der Waals surface area contributed by atoms with Gasteiger partial charge >= 0.3 is 0 Å². The second-order valence-corrected chi connectivity index (χ2v) is 5.87. The SMILES string of the molecule is CC(=Cc1ccco1)CN1CCCC1c1c(C)noc1C. The van der Waals surface area contributed by atoms with Gasteiger partial charge in [0, 0.05) is 18.2 Å². The zero-order valence-electron chi connectivity index (χ0n) is 12.9. The molecule has 4 nitrogen and oxygen atoms in total. The van der Waals surface area contributed by atoms with E-state index in [2.05, 4.69) is 23.1 Å². The van der Waals surface area contributed by atoms with Crippen molar-refractivity contribution in [2.24, 2.45) is 0 Å². The molecule has 1 fully saturated rings. The van der Waals surface area contributed by atoms with Gasteiger partial charge in [-0.25, -0.2) is 0 Å². The van der Waals surface area contributed by atoms with Gasteiger partial charge in [-0.2, -0.15) is 0 Å². The summed E-state index contributed by atoms with van der Waals surface area (Å²) in [6.45, 7) is 8.28. The van der Waals surface area contributed by atoms with Crippen molar-refractivity contribution in [2.75, 3.05) is 13.1 Å². The number of aromatic nitrogens is 1. The highest BCUT2D eigenvalue weighted by Gasteiger charge is 2.30. The van der Waals surface area contributed by atoms with Crippen LogP contribution in [0.4, 0.5) is 0 Å². The Morgan fingerprint density at radius 3 is 3.00 bits per heavy atom. The molecular formula is C17H22N2O2. The van der Waals surface area contributed by atoms with Crippen LogP contribution >= 0.6 is 0 Å². The first kappa shape index (κ1) is 14.1. The van der Waals surface area contributed by atoms with Crippen LogP contribution in [0.3, 0.4) is 0 Å². The highest BCUT2D eigenvalue weighted by Crippen LogP contribution is 2.35. The zero-order chi connectivity index (χ0) is 14.8. The highest BCUT2D eigenvalue weighted by atomic mass is 16.5. The molecule has 1 aliphatic heterocycles. The van der Waals surface area contributed by atoms with E-state index in [1.165, 1.54) is 24.0 Å². The van der Waals surface area contributed by atoms with Gasteiger partial charge in [-0.3, -0.25) is 4.90 Å². The fourth-order valence-electron chi connectivity index (χ4n) is 3.29. The van der Waals surface area contributed by atoms with Crippen LogP contribution in [-0.4, -0.2) is 23.1 Å². The molecule has 1 saturated heterocycles. The molecule has 0 aromatic carbocycles. The van der Waals surface area contributed by atoms with Crippen molar-refractivity contribution in [1.82, 2.24) is 10.1 Å². The maximum atomic E-state index is 5.39. The molecule has 0 radical (unpaired) electrons. The number of hydrogen-bond acceptors (Lipinski definition) is 4. The van der Waals surface area contributed by atoms with E-state index < -0.39 is 0 Å². The Morgan fingerprint density at radius 2 is 2.33 bits per heavy atom. The molecule has 0 amide bonds. The predicted molar refractivity (Wildman–Crippen MR) is 81.9 cm³/mol. The molecule has 0 N–H and O–H groups in total. The van der Waals surface area contributed by atoms with Crippen LogP contribution in [0.5, 0.6) is 0 Å². The molecule has 2 aromatic heterocycles. The molecule has 112 valence electrons. The van der Waals surface area contributed by atoms with E-state index in [1.807, 2.05) is 26.0 Å². The molecular weight excluding hydrogens is 264 g/mol. The normalized spacial score (nSPS) is 20.3. The van der Waals surface area contributed by atoms with Gasteiger partial charge in [-0.05, 0) is 58.4 Å². The van der Waals surface area contributed by atoms with E-state index in [0.717, 1.165) is 30.3 Å². The van der Waals surface area contributed by atoms with Gasteiger partial charge in [0.05, 0.1) is 12.0 Å². The Bertz CT molecular complexity index is 606. The molecule has 3 rings (SSSR count). The molecule has 4 heteroatoms. The molecule has 0 bridgehead atoms. The van der Waals surface area contributed by atoms with Gasteiger partial charge in [0.1, 0.15) is 11.5 Å². The van der Waals surface area contributed by atoms with Crippen molar-refractivity contribution < 1.29 is 8.94 Å². The Balaban J connectivity index is 1.76. The molecule has 3 heterocycles. The maximum Gasteiger partial charge on any atom is 0.138 e. The summed E-state index contributed by atoms with van der Waals surface area (Å²) in [6.07, 6.45) is 6.23. The Morgan fingerprint density at radius 1 is 1.48 bits per heavy atom. The van der Waals surface area contributed by atoms with Gasteiger partial charge in [0.15, 0.2) is 0 Å². The van der Waals surface area contributed by atoms with Gasteiger partial charge in [-0.1, -0.05) is 10.7 Å². The van der Waals surface area contributed by atoms with E-state index in [4.69, 9.17) is 8.94 Å². The quantitative estimate of drug-likeness (QED) is 0.847. The standard InChI is InChI=1S/C17H22N2O2/c1-12(10-15-6-5-9-20-15)11-19-8-4-7-16(19)17-13(2)18-21-14(17)3/h5-6,9-10,16H,4,7-8,11H2,1-3H3. The number of hydrogen-bond donors (Lipinski definition) is 0. The lowest BCUT2D eigenvalue weighted by Crippen LogP contribution is -2.25. The first-order chi connectivity index (χ1) is 10.1. The molecule has 1 aliphatic rings. The molecule has 0 saturated carbocycles. The monoisotopic (exact) mass is 286 g/mol.